The van der Waals surface area contributed by atoms with Crippen LogP contribution in [-0.4, -0.2) is 17.2 Å². The van der Waals surface area contributed by atoms with Crippen LogP contribution < -0.4 is 4.74 Å². The fraction of sp³-hybridized carbons (Fsp3) is 0.300. The third-order valence-corrected chi connectivity index (χ3v) is 1.90. The second-order valence-electron chi connectivity index (χ2n) is 3.24. The first kappa shape index (κ1) is 13.3. The van der Waals surface area contributed by atoms with Crippen molar-refractivity contribution in [2.75, 3.05) is 0 Å². The Balaban J connectivity index is 3.01. The van der Waals surface area contributed by atoms with Gasteiger partial charge in [-0.3, -0.25) is 0 Å². The minimum atomic E-state index is -4.85. The topological polar surface area (TPSA) is 46.5 Å². The summed E-state index contributed by atoms with van der Waals surface area (Å²) in [5.74, 6) is -3.12. The van der Waals surface area contributed by atoms with Gasteiger partial charge in [-0.15, -0.1) is 0 Å². The van der Waals surface area contributed by atoms with E-state index in [0.717, 1.165) is 13.0 Å². The molecule has 0 aliphatic rings. The van der Waals surface area contributed by atoms with Crippen molar-refractivity contribution in [1.82, 2.24) is 0 Å². The molecule has 0 spiro atoms. The van der Waals surface area contributed by atoms with Crippen molar-refractivity contribution in [3.05, 3.63) is 29.6 Å². The number of rotatable bonds is 3. The van der Waals surface area contributed by atoms with Crippen LogP contribution in [0.2, 0.25) is 0 Å². The number of carbonyl (C=O) groups is 1. The van der Waals surface area contributed by atoms with E-state index >= 15 is 0 Å². The molecule has 1 aromatic rings. The monoisotopic (exact) mass is 252 g/mol. The van der Waals surface area contributed by atoms with Gasteiger partial charge in [-0.05, 0) is 25.1 Å². The Morgan fingerprint density at radius 2 is 2.00 bits per heavy atom. The average molecular weight is 252 g/mol. The lowest BCUT2D eigenvalue weighted by atomic mass is 10.2. The highest BCUT2D eigenvalue weighted by Gasteiger charge is 2.34. The first-order chi connectivity index (χ1) is 7.71. The summed E-state index contributed by atoms with van der Waals surface area (Å²) in [6, 6.07) is 1.94. The molecular weight excluding hydrogens is 244 g/mol. The molecule has 94 valence electrons. The van der Waals surface area contributed by atoms with Gasteiger partial charge in [-0.25, -0.2) is 9.18 Å². The first-order valence-electron chi connectivity index (χ1n) is 4.48. The molecule has 0 saturated heterocycles. The van der Waals surface area contributed by atoms with E-state index in [1.54, 1.807) is 0 Å². The molecule has 0 aliphatic carbocycles. The number of aliphatic carboxylic acids is 1. The Labute approximate surface area is 93.6 Å². The normalized spacial score (nSPS) is 13.2. The van der Waals surface area contributed by atoms with Crippen molar-refractivity contribution < 1.29 is 32.2 Å². The molecule has 0 radical (unpaired) electrons. The Bertz CT molecular complexity index is 428. The molecule has 0 aromatic heterocycles. The molecule has 0 aliphatic heterocycles. The molecule has 17 heavy (non-hydrogen) atoms. The fourth-order valence-electron chi connectivity index (χ4n) is 1.05. The highest BCUT2D eigenvalue weighted by atomic mass is 19.4. The van der Waals surface area contributed by atoms with Crippen molar-refractivity contribution in [2.24, 2.45) is 0 Å². The van der Waals surface area contributed by atoms with Crippen molar-refractivity contribution in [3.63, 3.8) is 0 Å². The maximum absolute atomic E-state index is 12.9. The third kappa shape index (κ3) is 3.33. The SMILES string of the molecule is C[C@H](Oc1ccc(F)c(C(F)(F)F)c1)C(=O)O. The van der Waals surface area contributed by atoms with Crippen LogP contribution in [0.15, 0.2) is 18.2 Å². The van der Waals surface area contributed by atoms with Gasteiger partial charge >= 0.3 is 12.1 Å². The number of carboxylic acid groups (broad SMARTS) is 1. The molecule has 0 heterocycles. The smallest absolute Gasteiger partial charge is 0.419 e. The van der Waals surface area contributed by atoms with Gasteiger partial charge < -0.3 is 9.84 Å². The summed E-state index contributed by atoms with van der Waals surface area (Å²) < 4.78 is 54.5. The Kier molecular flexibility index (Phi) is 3.59. The number of hydrogen-bond acceptors (Lipinski definition) is 2. The summed E-state index contributed by atoms with van der Waals surface area (Å²) in [6.45, 7) is 1.15. The zero-order chi connectivity index (χ0) is 13.2. The van der Waals surface area contributed by atoms with Gasteiger partial charge in [-0.2, -0.15) is 13.2 Å². The molecule has 0 amide bonds. The van der Waals surface area contributed by atoms with E-state index in [-0.39, 0.29) is 5.75 Å². The zero-order valence-corrected chi connectivity index (χ0v) is 8.58. The maximum atomic E-state index is 12.9. The van der Waals surface area contributed by atoms with E-state index < -0.39 is 29.6 Å². The Morgan fingerprint density at radius 1 is 1.41 bits per heavy atom. The summed E-state index contributed by atoms with van der Waals surface area (Å²) >= 11 is 0. The second kappa shape index (κ2) is 4.60. The minimum absolute atomic E-state index is 0.353. The van der Waals surface area contributed by atoms with Crippen LogP contribution in [0.3, 0.4) is 0 Å². The molecule has 3 nitrogen and oxygen atoms in total. The molecule has 1 rings (SSSR count). The zero-order valence-electron chi connectivity index (χ0n) is 8.58. The summed E-state index contributed by atoms with van der Waals surface area (Å²) in [5.41, 5.74) is -1.49. The van der Waals surface area contributed by atoms with Gasteiger partial charge in [-0.1, -0.05) is 0 Å². The number of hydrogen-bond donors (Lipinski definition) is 1. The van der Waals surface area contributed by atoms with Crippen LogP contribution in [0.25, 0.3) is 0 Å². The lowest BCUT2D eigenvalue weighted by Crippen LogP contribution is -2.23. The van der Waals surface area contributed by atoms with Crippen LogP contribution in [0.4, 0.5) is 17.6 Å². The molecule has 1 atom stereocenters. The number of benzene rings is 1. The van der Waals surface area contributed by atoms with Gasteiger partial charge in [0.1, 0.15) is 11.6 Å². The number of carboxylic acids is 1. The summed E-state index contributed by atoms with van der Waals surface area (Å²) in [7, 11) is 0. The molecule has 0 fully saturated rings. The van der Waals surface area contributed by atoms with Crippen LogP contribution in [0.1, 0.15) is 12.5 Å². The lowest BCUT2D eigenvalue weighted by Gasteiger charge is -2.13. The Hall–Kier alpha value is -1.79. The summed E-state index contributed by atoms with van der Waals surface area (Å²) in [5, 5.41) is 8.51. The molecule has 0 unspecified atom stereocenters. The molecule has 1 N–H and O–H groups in total. The van der Waals surface area contributed by atoms with Gasteiger partial charge in [0.05, 0.1) is 5.56 Å². The van der Waals surface area contributed by atoms with Crippen molar-refractivity contribution >= 4 is 5.97 Å². The summed E-state index contributed by atoms with van der Waals surface area (Å²) in [4.78, 5) is 10.4. The molecule has 7 heteroatoms. The van der Waals surface area contributed by atoms with Crippen molar-refractivity contribution in [2.45, 2.75) is 19.2 Å². The van der Waals surface area contributed by atoms with Gasteiger partial charge in [0.15, 0.2) is 6.10 Å². The number of ether oxygens (including phenoxy) is 1. The van der Waals surface area contributed by atoms with Crippen molar-refractivity contribution in [1.29, 1.82) is 0 Å². The van der Waals surface area contributed by atoms with E-state index in [1.807, 2.05) is 0 Å². The van der Waals surface area contributed by atoms with E-state index in [2.05, 4.69) is 0 Å². The third-order valence-electron chi connectivity index (χ3n) is 1.90. The van der Waals surface area contributed by atoms with Crippen LogP contribution in [-0.2, 0) is 11.0 Å². The molecule has 0 bridgehead atoms. The maximum Gasteiger partial charge on any atom is 0.419 e. The molecule has 0 saturated carbocycles. The molecular formula is C10H8F4O3. The number of alkyl halides is 3. The standard InChI is InChI=1S/C10H8F4O3/c1-5(9(15)16)17-6-2-3-8(11)7(4-6)10(12,13)14/h2-5H,1H3,(H,15,16)/t5-/m0/s1. The Morgan fingerprint density at radius 3 is 2.47 bits per heavy atom. The second-order valence-corrected chi connectivity index (χ2v) is 3.24. The van der Waals surface area contributed by atoms with Gasteiger partial charge in [0.25, 0.3) is 0 Å². The first-order valence-corrected chi connectivity index (χ1v) is 4.48. The van der Waals surface area contributed by atoms with Crippen molar-refractivity contribution in [3.8, 4) is 5.75 Å². The lowest BCUT2D eigenvalue weighted by molar-refractivity contribution is -0.144. The summed E-state index contributed by atoms with van der Waals surface area (Å²) in [6.07, 6.45) is -6.17. The van der Waals surface area contributed by atoms with Gasteiger partial charge in [0, 0.05) is 0 Å². The van der Waals surface area contributed by atoms with Crippen LogP contribution in [0.5, 0.6) is 5.75 Å². The largest absolute Gasteiger partial charge is 0.479 e. The van der Waals surface area contributed by atoms with Crippen LogP contribution >= 0.6 is 0 Å². The van der Waals surface area contributed by atoms with E-state index in [1.165, 1.54) is 0 Å². The minimum Gasteiger partial charge on any atom is -0.479 e. The van der Waals surface area contributed by atoms with Gasteiger partial charge in [0.2, 0.25) is 0 Å². The van der Waals surface area contributed by atoms with Crippen LogP contribution in [0, 0.1) is 5.82 Å². The van der Waals surface area contributed by atoms with E-state index in [0.29, 0.717) is 12.1 Å². The average Bonchev–Trinajstić information content (AvgIpc) is 2.19. The van der Waals surface area contributed by atoms with E-state index in [4.69, 9.17) is 9.84 Å². The highest BCUT2D eigenvalue weighted by Crippen LogP contribution is 2.33. The highest BCUT2D eigenvalue weighted by molar-refractivity contribution is 5.72. The quantitative estimate of drug-likeness (QED) is 0.841. The predicted molar refractivity (Wildman–Crippen MR) is 49.1 cm³/mol. The predicted octanol–water partition coefficient (Wildman–Crippen LogP) is 2.70. The van der Waals surface area contributed by atoms with E-state index in [9.17, 15) is 22.4 Å². The number of halogens is 4. The fourth-order valence-corrected chi connectivity index (χ4v) is 1.05. The molecule has 1 aromatic carbocycles.